The molecule has 0 fully saturated rings. The van der Waals surface area contributed by atoms with E-state index < -0.39 is 23.8 Å². The second-order valence-electron chi connectivity index (χ2n) is 5.86. The van der Waals surface area contributed by atoms with Gasteiger partial charge < -0.3 is 18.9 Å². The normalized spacial score (nSPS) is 12.8. The van der Waals surface area contributed by atoms with Crippen molar-refractivity contribution in [3.8, 4) is 17.2 Å². The highest BCUT2D eigenvalue weighted by Gasteiger charge is 2.30. The molecular formula is C21H21F3O5. The fourth-order valence-corrected chi connectivity index (χ4v) is 2.34. The van der Waals surface area contributed by atoms with Crippen LogP contribution < -0.4 is 9.47 Å². The van der Waals surface area contributed by atoms with Gasteiger partial charge in [0.25, 0.3) is 0 Å². The largest absolute Gasteiger partial charge is 0.497 e. The molecule has 0 aliphatic heterocycles. The molecule has 0 amide bonds. The zero-order valence-electron chi connectivity index (χ0n) is 16.2. The molecule has 1 atom stereocenters. The van der Waals surface area contributed by atoms with E-state index in [9.17, 15) is 18.0 Å². The van der Waals surface area contributed by atoms with Gasteiger partial charge in [-0.15, -0.1) is 0 Å². The van der Waals surface area contributed by atoms with Crippen molar-refractivity contribution in [2.75, 3.05) is 13.7 Å². The average Bonchev–Trinajstić information content (AvgIpc) is 2.67. The van der Waals surface area contributed by atoms with Crippen molar-refractivity contribution < 1.29 is 36.9 Å². The minimum Gasteiger partial charge on any atom is -0.497 e. The van der Waals surface area contributed by atoms with Gasteiger partial charge in [0.15, 0.2) is 6.10 Å². The van der Waals surface area contributed by atoms with Crippen LogP contribution >= 0.6 is 0 Å². The molecule has 0 radical (unpaired) electrons. The SMILES string of the molecule is CCOC(=O)C=C(OC)C(C)Oc1ccc(Oc2ccc(C(F)(F)F)cc2)cc1. The topological polar surface area (TPSA) is 54.0 Å². The first kappa shape index (κ1) is 22.1. The van der Waals surface area contributed by atoms with Crippen molar-refractivity contribution in [2.24, 2.45) is 0 Å². The van der Waals surface area contributed by atoms with Gasteiger partial charge in [0, 0.05) is 0 Å². The Morgan fingerprint density at radius 3 is 2.00 bits per heavy atom. The van der Waals surface area contributed by atoms with Crippen molar-refractivity contribution in [1.82, 2.24) is 0 Å². The van der Waals surface area contributed by atoms with Gasteiger partial charge in [-0.1, -0.05) is 0 Å². The summed E-state index contributed by atoms with van der Waals surface area (Å²) in [4.78, 5) is 11.6. The van der Waals surface area contributed by atoms with Crippen molar-refractivity contribution in [3.05, 3.63) is 65.9 Å². The summed E-state index contributed by atoms with van der Waals surface area (Å²) in [5, 5.41) is 0. The summed E-state index contributed by atoms with van der Waals surface area (Å²) >= 11 is 0. The third kappa shape index (κ3) is 6.74. The number of benzene rings is 2. The number of hydrogen-bond donors (Lipinski definition) is 0. The molecule has 0 N–H and O–H groups in total. The van der Waals surface area contributed by atoms with Crippen molar-refractivity contribution in [3.63, 3.8) is 0 Å². The summed E-state index contributed by atoms with van der Waals surface area (Å²) in [6.45, 7) is 3.66. The second-order valence-corrected chi connectivity index (χ2v) is 5.86. The average molecular weight is 410 g/mol. The van der Waals surface area contributed by atoms with E-state index in [2.05, 4.69) is 0 Å². The molecule has 2 aromatic carbocycles. The van der Waals surface area contributed by atoms with E-state index >= 15 is 0 Å². The number of ether oxygens (including phenoxy) is 4. The van der Waals surface area contributed by atoms with Gasteiger partial charge in [-0.3, -0.25) is 0 Å². The molecule has 0 saturated heterocycles. The molecule has 156 valence electrons. The number of rotatable bonds is 8. The first-order valence-corrected chi connectivity index (χ1v) is 8.77. The lowest BCUT2D eigenvalue weighted by atomic mass is 10.2. The molecule has 5 nitrogen and oxygen atoms in total. The molecule has 0 heterocycles. The summed E-state index contributed by atoms with van der Waals surface area (Å²) in [5.74, 6) is 0.968. The number of halogens is 3. The van der Waals surface area contributed by atoms with Crippen LogP contribution in [0.25, 0.3) is 0 Å². The molecule has 0 aliphatic carbocycles. The molecule has 8 heteroatoms. The van der Waals surface area contributed by atoms with E-state index in [0.717, 1.165) is 12.1 Å². The highest BCUT2D eigenvalue weighted by molar-refractivity contribution is 5.82. The molecule has 0 saturated carbocycles. The first-order valence-electron chi connectivity index (χ1n) is 8.77. The predicted octanol–water partition coefficient (Wildman–Crippen LogP) is 5.36. The molecule has 29 heavy (non-hydrogen) atoms. The number of esters is 1. The van der Waals surface area contributed by atoms with Crippen LogP contribution in [-0.2, 0) is 20.4 Å². The predicted molar refractivity (Wildman–Crippen MR) is 99.8 cm³/mol. The molecule has 1 unspecified atom stereocenters. The lowest BCUT2D eigenvalue weighted by molar-refractivity contribution is -0.138. The molecule has 0 aromatic heterocycles. The van der Waals surface area contributed by atoms with E-state index in [4.69, 9.17) is 18.9 Å². The van der Waals surface area contributed by atoms with Gasteiger partial charge in [-0.25, -0.2) is 4.79 Å². The third-order valence-electron chi connectivity index (χ3n) is 3.74. The van der Waals surface area contributed by atoms with Crippen LogP contribution in [0.3, 0.4) is 0 Å². The molecule has 0 bridgehead atoms. The molecular weight excluding hydrogens is 389 g/mol. The summed E-state index contributed by atoms with van der Waals surface area (Å²) in [6.07, 6.45) is -3.72. The second kappa shape index (κ2) is 9.86. The summed E-state index contributed by atoms with van der Waals surface area (Å²) in [5.41, 5.74) is -0.743. The van der Waals surface area contributed by atoms with Crippen LogP contribution in [-0.4, -0.2) is 25.8 Å². The maximum atomic E-state index is 12.6. The van der Waals surface area contributed by atoms with Crippen LogP contribution in [0, 0.1) is 0 Å². The highest BCUT2D eigenvalue weighted by Crippen LogP contribution is 2.31. The highest BCUT2D eigenvalue weighted by atomic mass is 19.4. The summed E-state index contributed by atoms with van der Waals surface area (Å²) < 4.78 is 59.0. The van der Waals surface area contributed by atoms with E-state index in [-0.39, 0.29) is 12.4 Å². The fourth-order valence-electron chi connectivity index (χ4n) is 2.34. The molecule has 0 aliphatic rings. The number of carbonyl (C=O) groups is 1. The number of hydrogen-bond acceptors (Lipinski definition) is 5. The third-order valence-corrected chi connectivity index (χ3v) is 3.74. The van der Waals surface area contributed by atoms with Gasteiger partial charge in [0.2, 0.25) is 0 Å². The Morgan fingerprint density at radius 1 is 1.00 bits per heavy atom. The van der Waals surface area contributed by atoms with Crippen molar-refractivity contribution in [1.29, 1.82) is 0 Å². The van der Waals surface area contributed by atoms with Crippen LogP contribution in [0.5, 0.6) is 17.2 Å². The Hall–Kier alpha value is -3.16. The van der Waals surface area contributed by atoms with Crippen LogP contribution in [0.2, 0.25) is 0 Å². The van der Waals surface area contributed by atoms with Gasteiger partial charge in [-0.05, 0) is 62.4 Å². The Labute approximate surface area is 166 Å². The van der Waals surface area contributed by atoms with Gasteiger partial charge >= 0.3 is 12.1 Å². The zero-order chi connectivity index (χ0) is 21.4. The van der Waals surface area contributed by atoms with Crippen LogP contribution in [0.4, 0.5) is 13.2 Å². The fraction of sp³-hybridized carbons (Fsp3) is 0.286. The van der Waals surface area contributed by atoms with E-state index in [1.54, 1.807) is 38.1 Å². The monoisotopic (exact) mass is 410 g/mol. The van der Waals surface area contributed by atoms with Crippen molar-refractivity contribution in [2.45, 2.75) is 26.1 Å². The summed E-state index contributed by atoms with van der Waals surface area (Å²) in [7, 11) is 1.42. The van der Waals surface area contributed by atoms with E-state index in [0.29, 0.717) is 17.3 Å². The standard InChI is InChI=1S/C21H21F3O5/c1-4-27-20(25)13-19(26-3)14(2)28-16-9-11-18(12-10-16)29-17-7-5-15(6-8-17)21(22,23)24/h5-14H,4H2,1-3H3. The molecule has 2 rings (SSSR count). The minimum atomic E-state index is -4.39. The lowest BCUT2D eigenvalue weighted by Gasteiger charge is -2.17. The Kier molecular flexibility index (Phi) is 7.52. The quantitative estimate of drug-likeness (QED) is 0.333. The number of methoxy groups -OCH3 is 1. The first-order chi connectivity index (χ1) is 13.7. The molecule has 0 spiro atoms. The summed E-state index contributed by atoms with van der Waals surface area (Å²) in [6, 6.07) is 10.9. The van der Waals surface area contributed by atoms with Crippen molar-refractivity contribution >= 4 is 5.97 Å². The Balaban J connectivity index is 2.00. The van der Waals surface area contributed by atoms with Crippen LogP contribution in [0.15, 0.2) is 60.4 Å². The maximum absolute atomic E-state index is 12.6. The Bertz CT molecular complexity index is 827. The number of carbonyl (C=O) groups excluding carboxylic acids is 1. The maximum Gasteiger partial charge on any atom is 0.416 e. The Morgan fingerprint density at radius 2 is 1.52 bits per heavy atom. The number of alkyl halides is 3. The zero-order valence-corrected chi connectivity index (χ0v) is 16.2. The van der Waals surface area contributed by atoms with Gasteiger partial charge in [-0.2, -0.15) is 13.2 Å². The van der Waals surface area contributed by atoms with Gasteiger partial charge in [0.05, 0.1) is 25.4 Å². The molecule has 2 aromatic rings. The smallest absolute Gasteiger partial charge is 0.416 e. The van der Waals surface area contributed by atoms with E-state index in [1.807, 2.05) is 0 Å². The minimum absolute atomic E-state index is 0.252. The lowest BCUT2D eigenvalue weighted by Crippen LogP contribution is -2.18. The van der Waals surface area contributed by atoms with E-state index in [1.165, 1.54) is 25.3 Å². The van der Waals surface area contributed by atoms with Gasteiger partial charge in [0.1, 0.15) is 23.0 Å². The van der Waals surface area contributed by atoms with Crippen LogP contribution in [0.1, 0.15) is 19.4 Å².